The maximum Gasteiger partial charge on any atom is 0.277 e. The predicted octanol–water partition coefficient (Wildman–Crippen LogP) is 4.08. The molecule has 1 aliphatic rings. The van der Waals surface area contributed by atoms with Crippen LogP contribution in [-0.4, -0.2) is 42.1 Å². The first kappa shape index (κ1) is 19.3. The Morgan fingerprint density at radius 2 is 1.90 bits per heavy atom. The van der Waals surface area contributed by atoms with E-state index in [1.807, 2.05) is 48.5 Å². The second kappa shape index (κ2) is 9.00. The zero-order valence-electron chi connectivity index (χ0n) is 16.1. The third kappa shape index (κ3) is 4.71. The molecule has 0 atom stereocenters. The Hall–Kier alpha value is -3.00. The molecule has 0 aliphatic carbocycles. The fourth-order valence-electron chi connectivity index (χ4n) is 3.25. The summed E-state index contributed by atoms with van der Waals surface area (Å²) in [5.41, 5.74) is 2.71. The van der Waals surface area contributed by atoms with Crippen molar-refractivity contribution in [2.45, 2.75) is 18.1 Å². The van der Waals surface area contributed by atoms with E-state index in [9.17, 15) is 4.79 Å². The van der Waals surface area contributed by atoms with E-state index in [1.54, 1.807) is 7.11 Å². The number of aromatic nitrogens is 2. The normalized spacial score (nSPS) is 13.5. The van der Waals surface area contributed by atoms with E-state index in [1.165, 1.54) is 24.6 Å². The number of anilines is 2. The Morgan fingerprint density at radius 3 is 2.66 bits per heavy atom. The molecule has 0 bridgehead atoms. The first-order chi connectivity index (χ1) is 14.2. The van der Waals surface area contributed by atoms with E-state index in [2.05, 4.69) is 20.4 Å². The maximum atomic E-state index is 12.4. The van der Waals surface area contributed by atoms with Gasteiger partial charge in [0.15, 0.2) is 0 Å². The molecule has 150 valence electrons. The number of hydrogen-bond donors (Lipinski definition) is 1. The summed E-state index contributed by atoms with van der Waals surface area (Å²) in [6.07, 6.45) is 2.37. The number of hydrogen-bond acceptors (Lipinski definition) is 7. The maximum absolute atomic E-state index is 12.4. The highest BCUT2D eigenvalue weighted by Gasteiger charge is 2.17. The highest BCUT2D eigenvalue weighted by Crippen LogP contribution is 2.29. The number of benzene rings is 2. The van der Waals surface area contributed by atoms with Crippen molar-refractivity contribution in [3.05, 3.63) is 48.5 Å². The summed E-state index contributed by atoms with van der Waals surface area (Å²) in [4.78, 5) is 14.8. The lowest BCUT2D eigenvalue weighted by molar-refractivity contribution is -0.113. The summed E-state index contributed by atoms with van der Waals surface area (Å²) in [6.45, 7) is 2.05. The van der Waals surface area contributed by atoms with Gasteiger partial charge in [-0.2, -0.15) is 0 Å². The van der Waals surface area contributed by atoms with Gasteiger partial charge in [-0.05, 0) is 49.2 Å². The molecule has 2 heterocycles. The fraction of sp³-hybridized carbons (Fsp3) is 0.286. The van der Waals surface area contributed by atoms with Crippen LogP contribution in [-0.2, 0) is 4.79 Å². The van der Waals surface area contributed by atoms with Crippen LogP contribution in [0.4, 0.5) is 11.4 Å². The number of amides is 1. The van der Waals surface area contributed by atoms with Gasteiger partial charge in [0.05, 0.1) is 24.2 Å². The van der Waals surface area contributed by atoms with Crippen LogP contribution in [0.25, 0.3) is 11.5 Å². The van der Waals surface area contributed by atoms with E-state index in [4.69, 9.17) is 9.15 Å². The fourth-order valence-corrected chi connectivity index (χ4v) is 3.81. The number of nitrogens with zero attached hydrogens (tertiary/aromatic N) is 3. The Balaban J connectivity index is 1.35. The number of rotatable bonds is 7. The van der Waals surface area contributed by atoms with Gasteiger partial charge in [-0.3, -0.25) is 4.79 Å². The van der Waals surface area contributed by atoms with Crippen molar-refractivity contribution in [3.63, 3.8) is 0 Å². The second-order valence-corrected chi connectivity index (χ2v) is 7.58. The highest BCUT2D eigenvalue weighted by atomic mass is 32.2. The van der Waals surface area contributed by atoms with Gasteiger partial charge < -0.3 is 19.4 Å². The van der Waals surface area contributed by atoms with Crippen molar-refractivity contribution in [3.8, 4) is 17.2 Å². The third-order valence-electron chi connectivity index (χ3n) is 4.70. The zero-order chi connectivity index (χ0) is 20.1. The predicted molar refractivity (Wildman–Crippen MR) is 114 cm³/mol. The number of thioether (sulfide) groups is 1. The van der Waals surface area contributed by atoms with Gasteiger partial charge in [0.25, 0.3) is 5.22 Å². The van der Waals surface area contributed by atoms with Crippen LogP contribution in [0.3, 0.4) is 0 Å². The van der Waals surface area contributed by atoms with Crippen LogP contribution in [0.2, 0.25) is 0 Å². The average molecular weight is 410 g/mol. The van der Waals surface area contributed by atoms with Gasteiger partial charge in [0.1, 0.15) is 5.75 Å². The summed E-state index contributed by atoms with van der Waals surface area (Å²) in [5, 5.41) is 11.4. The van der Waals surface area contributed by atoms with Crippen molar-refractivity contribution >= 4 is 29.0 Å². The first-order valence-electron chi connectivity index (χ1n) is 9.47. The minimum Gasteiger partial charge on any atom is -0.497 e. The Labute approximate surface area is 173 Å². The van der Waals surface area contributed by atoms with Crippen LogP contribution in [0, 0.1) is 0 Å². The minimum atomic E-state index is -0.106. The van der Waals surface area contributed by atoms with Crippen molar-refractivity contribution in [1.82, 2.24) is 10.2 Å². The van der Waals surface area contributed by atoms with Gasteiger partial charge in [0.2, 0.25) is 11.8 Å². The summed E-state index contributed by atoms with van der Waals surface area (Å²) in [7, 11) is 1.62. The zero-order valence-corrected chi connectivity index (χ0v) is 16.9. The molecule has 0 unspecified atom stereocenters. The first-order valence-corrected chi connectivity index (χ1v) is 10.5. The number of methoxy groups -OCH3 is 1. The smallest absolute Gasteiger partial charge is 0.277 e. The highest BCUT2D eigenvalue weighted by molar-refractivity contribution is 7.99. The lowest BCUT2D eigenvalue weighted by atomic mass is 10.2. The van der Waals surface area contributed by atoms with Crippen molar-refractivity contribution in [2.75, 3.05) is 36.2 Å². The summed E-state index contributed by atoms with van der Waals surface area (Å²) >= 11 is 1.22. The molecular formula is C21H22N4O3S. The average Bonchev–Trinajstić information content (AvgIpc) is 3.45. The van der Waals surface area contributed by atoms with Gasteiger partial charge in [-0.1, -0.05) is 23.9 Å². The number of nitrogens with one attached hydrogen (secondary N) is 1. The lowest BCUT2D eigenvalue weighted by Crippen LogP contribution is -2.21. The third-order valence-corrected chi connectivity index (χ3v) is 5.51. The number of ether oxygens (including phenoxy) is 1. The molecule has 0 radical (unpaired) electrons. The van der Waals surface area contributed by atoms with Crippen LogP contribution in [0.1, 0.15) is 12.8 Å². The van der Waals surface area contributed by atoms with Crippen LogP contribution < -0.4 is 15.0 Å². The molecule has 1 aromatic heterocycles. The van der Waals surface area contributed by atoms with E-state index >= 15 is 0 Å². The van der Waals surface area contributed by atoms with Gasteiger partial charge in [-0.15, -0.1) is 10.2 Å². The quantitative estimate of drug-likeness (QED) is 0.588. The Morgan fingerprint density at radius 1 is 1.14 bits per heavy atom. The molecule has 3 aromatic rings. The van der Waals surface area contributed by atoms with Crippen LogP contribution in [0.15, 0.2) is 58.2 Å². The van der Waals surface area contributed by atoms with Crippen LogP contribution in [0.5, 0.6) is 5.75 Å². The molecular weight excluding hydrogens is 388 g/mol. The SMILES string of the molecule is COc1ccc(-c2nnc(SCC(=O)Nc3ccccc3N3CCCC3)o2)cc1. The summed E-state index contributed by atoms with van der Waals surface area (Å²) < 4.78 is 10.8. The summed E-state index contributed by atoms with van der Waals surface area (Å²) in [6, 6.07) is 15.3. The molecule has 2 aromatic carbocycles. The molecule has 0 saturated carbocycles. The molecule has 1 aliphatic heterocycles. The topological polar surface area (TPSA) is 80.5 Å². The van der Waals surface area contributed by atoms with E-state index < -0.39 is 0 Å². The van der Waals surface area contributed by atoms with Gasteiger partial charge in [0, 0.05) is 18.7 Å². The second-order valence-electron chi connectivity index (χ2n) is 6.65. The number of carbonyl (C=O) groups excluding carboxylic acids is 1. The van der Waals surface area contributed by atoms with Crippen LogP contribution >= 0.6 is 11.8 Å². The minimum absolute atomic E-state index is 0.106. The van der Waals surface area contributed by atoms with Crippen molar-refractivity contribution in [1.29, 1.82) is 0 Å². The largest absolute Gasteiger partial charge is 0.497 e. The number of carbonyl (C=O) groups is 1. The van der Waals surface area contributed by atoms with E-state index in [-0.39, 0.29) is 11.7 Å². The van der Waals surface area contributed by atoms with E-state index in [0.717, 1.165) is 35.8 Å². The van der Waals surface area contributed by atoms with Crippen molar-refractivity contribution in [2.24, 2.45) is 0 Å². The molecule has 29 heavy (non-hydrogen) atoms. The standard InChI is InChI=1S/C21H22N4O3S/c1-27-16-10-8-15(9-11-16)20-23-24-21(28-20)29-14-19(26)22-17-6-2-3-7-18(17)25-12-4-5-13-25/h2-3,6-11H,4-5,12-14H2,1H3,(H,22,26). The lowest BCUT2D eigenvalue weighted by Gasteiger charge is -2.21. The Bertz CT molecular complexity index is 968. The summed E-state index contributed by atoms with van der Waals surface area (Å²) in [5.74, 6) is 1.26. The number of para-hydroxylation sites is 2. The Kier molecular flexibility index (Phi) is 6.00. The van der Waals surface area contributed by atoms with E-state index in [0.29, 0.717) is 11.1 Å². The molecule has 7 nitrogen and oxygen atoms in total. The molecule has 4 rings (SSSR count). The molecule has 1 N–H and O–H groups in total. The molecule has 8 heteroatoms. The molecule has 1 amide bonds. The van der Waals surface area contributed by atoms with Crippen molar-refractivity contribution < 1.29 is 13.9 Å². The van der Waals surface area contributed by atoms with Gasteiger partial charge in [-0.25, -0.2) is 0 Å². The van der Waals surface area contributed by atoms with Gasteiger partial charge >= 0.3 is 0 Å². The molecule has 1 fully saturated rings. The molecule has 1 saturated heterocycles. The monoisotopic (exact) mass is 410 g/mol. The molecule has 0 spiro atoms.